The number of allylic oxidation sites excluding steroid dienone is 5. The van der Waals surface area contributed by atoms with Crippen molar-refractivity contribution in [2.24, 2.45) is 0 Å². The van der Waals surface area contributed by atoms with E-state index in [9.17, 15) is 18.0 Å². The van der Waals surface area contributed by atoms with Crippen molar-refractivity contribution in [1.82, 2.24) is 10.2 Å². The number of carbonyl (C=O) groups excluding carboxylic acids is 1. The molecule has 1 aromatic carbocycles. The molecule has 1 amide bonds. The molecule has 0 bridgehead atoms. The molecule has 130 valence electrons. The van der Waals surface area contributed by atoms with Crippen molar-refractivity contribution in [1.29, 1.82) is 0 Å². The summed E-state index contributed by atoms with van der Waals surface area (Å²) in [4.78, 5) is 13.8. The third kappa shape index (κ3) is 6.04. The first-order valence-corrected chi connectivity index (χ1v) is 7.36. The summed E-state index contributed by atoms with van der Waals surface area (Å²) in [5.41, 5.74) is 0.599. The van der Waals surface area contributed by atoms with Gasteiger partial charge in [-0.15, -0.1) is 0 Å². The van der Waals surface area contributed by atoms with Gasteiger partial charge in [0.25, 0.3) is 0 Å². The van der Waals surface area contributed by atoms with Crippen molar-refractivity contribution in [3.8, 4) is 0 Å². The number of carbonyl (C=O) groups is 1. The number of alkyl halides is 3. The molecule has 0 heterocycles. The van der Waals surface area contributed by atoms with Gasteiger partial charge in [0.15, 0.2) is 0 Å². The summed E-state index contributed by atoms with van der Waals surface area (Å²) in [6.45, 7) is 5.67. The fourth-order valence-corrected chi connectivity index (χ4v) is 2.00. The lowest BCUT2D eigenvalue weighted by Gasteiger charge is -2.23. The monoisotopic (exact) mass is 338 g/mol. The average molecular weight is 338 g/mol. The lowest BCUT2D eigenvalue weighted by atomic mass is 10.1. The number of nitrogens with zero attached hydrogens (tertiary/aromatic N) is 1. The highest BCUT2D eigenvalue weighted by molar-refractivity contribution is 5.80. The summed E-state index contributed by atoms with van der Waals surface area (Å²) in [5.74, 6) is -0.168. The van der Waals surface area contributed by atoms with Gasteiger partial charge in [0.05, 0.1) is 18.7 Å². The van der Waals surface area contributed by atoms with Gasteiger partial charge in [-0.05, 0) is 37.7 Å². The Hall–Kier alpha value is -2.34. The van der Waals surface area contributed by atoms with Crippen molar-refractivity contribution < 1.29 is 18.0 Å². The van der Waals surface area contributed by atoms with Crippen molar-refractivity contribution in [2.45, 2.75) is 19.6 Å². The Kier molecular flexibility index (Phi) is 7.45. The molecule has 0 spiro atoms. The van der Waals surface area contributed by atoms with Gasteiger partial charge >= 0.3 is 6.18 Å². The smallest absolute Gasteiger partial charge is 0.311 e. The van der Waals surface area contributed by atoms with Gasteiger partial charge in [-0.25, -0.2) is 0 Å². The highest BCUT2D eigenvalue weighted by atomic mass is 19.4. The van der Waals surface area contributed by atoms with Crippen LogP contribution in [0.3, 0.4) is 0 Å². The van der Waals surface area contributed by atoms with E-state index in [2.05, 4.69) is 11.9 Å². The summed E-state index contributed by atoms with van der Waals surface area (Å²) < 4.78 is 37.8. The van der Waals surface area contributed by atoms with Crippen LogP contribution in [-0.4, -0.2) is 24.4 Å². The maximum Gasteiger partial charge on any atom is 0.416 e. The second-order valence-corrected chi connectivity index (χ2v) is 5.13. The van der Waals surface area contributed by atoms with Crippen LogP contribution in [0.15, 0.2) is 60.8 Å². The van der Waals surface area contributed by atoms with E-state index < -0.39 is 11.7 Å². The summed E-state index contributed by atoms with van der Waals surface area (Å²) in [5, 5.41) is 2.78. The number of halogens is 3. The molecule has 1 aromatic rings. The van der Waals surface area contributed by atoms with Gasteiger partial charge in [0.1, 0.15) is 0 Å². The molecule has 0 aromatic heterocycles. The summed E-state index contributed by atoms with van der Waals surface area (Å²) in [6, 6.07) is 4.81. The van der Waals surface area contributed by atoms with E-state index in [-0.39, 0.29) is 19.0 Å². The van der Waals surface area contributed by atoms with Crippen LogP contribution in [0.4, 0.5) is 13.2 Å². The van der Waals surface area contributed by atoms with E-state index in [0.717, 1.165) is 12.1 Å². The van der Waals surface area contributed by atoms with E-state index >= 15 is 0 Å². The van der Waals surface area contributed by atoms with E-state index in [1.165, 1.54) is 17.0 Å². The zero-order valence-electron chi connectivity index (χ0n) is 13.7. The van der Waals surface area contributed by atoms with Crippen molar-refractivity contribution >= 4 is 5.91 Å². The number of benzene rings is 1. The zero-order chi connectivity index (χ0) is 18.2. The molecule has 0 aliphatic heterocycles. The molecular formula is C18H21F3N2O. The average Bonchev–Trinajstić information content (AvgIpc) is 2.52. The first-order chi connectivity index (χ1) is 11.3. The topological polar surface area (TPSA) is 32.3 Å². The molecule has 0 atom stereocenters. The van der Waals surface area contributed by atoms with E-state index in [0.29, 0.717) is 11.3 Å². The van der Waals surface area contributed by atoms with E-state index in [1.807, 2.05) is 0 Å². The van der Waals surface area contributed by atoms with Gasteiger partial charge in [-0.2, -0.15) is 13.2 Å². The molecule has 3 nitrogen and oxygen atoms in total. The normalized spacial score (nSPS) is 12.5. The first-order valence-electron chi connectivity index (χ1n) is 7.36. The Balaban J connectivity index is 3.00. The number of likely N-dealkylation sites (N-methyl/N-ethyl adjacent to an activating group) is 1. The summed E-state index contributed by atoms with van der Waals surface area (Å²) in [6.07, 6.45) is 2.46. The third-order valence-corrected chi connectivity index (χ3v) is 3.26. The van der Waals surface area contributed by atoms with Gasteiger partial charge < -0.3 is 10.2 Å². The molecule has 1 rings (SSSR count). The van der Waals surface area contributed by atoms with Crippen molar-refractivity contribution in [3.63, 3.8) is 0 Å². The van der Waals surface area contributed by atoms with Crippen LogP contribution in [0.5, 0.6) is 0 Å². The molecule has 0 saturated heterocycles. The minimum Gasteiger partial charge on any atom is -0.311 e. The summed E-state index contributed by atoms with van der Waals surface area (Å²) in [7, 11) is 1.66. The Bertz CT molecular complexity index is 616. The van der Waals surface area contributed by atoms with Crippen LogP contribution in [0, 0.1) is 0 Å². The highest BCUT2D eigenvalue weighted by Gasteiger charge is 2.30. The molecule has 0 aliphatic carbocycles. The second-order valence-electron chi connectivity index (χ2n) is 5.13. The Morgan fingerprint density at radius 1 is 1.25 bits per heavy atom. The van der Waals surface area contributed by atoms with Gasteiger partial charge in [0, 0.05) is 5.70 Å². The fraction of sp³-hybridized carbons (Fsp3) is 0.278. The fourth-order valence-electron chi connectivity index (χ4n) is 2.00. The molecule has 0 radical (unpaired) electrons. The molecule has 24 heavy (non-hydrogen) atoms. The van der Waals surface area contributed by atoms with Crippen LogP contribution < -0.4 is 5.32 Å². The molecule has 6 heteroatoms. The Labute approximate surface area is 140 Å². The minimum atomic E-state index is -4.37. The number of nitrogens with one attached hydrogen (secondary N) is 1. The maximum atomic E-state index is 12.6. The number of hydrogen-bond acceptors (Lipinski definition) is 2. The number of rotatable bonds is 7. The quantitative estimate of drug-likeness (QED) is 0.765. The highest BCUT2D eigenvalue weighted by Crippen LogP contribution is 2.29. The SMILES string of the molecule is C=C/C=C\C=C(/C)N(Cc1ccc(C(F)(F)F)cc1)C(=O)CNC. The van der Waals surface area contributed by atoms with Gasteiger partial charge in [-0.3, -0.25) is 4.79 Å². The van der Waals surface area contributed by atoms with Crippen LogP contribution in [-0.2, 0) is 17.5 Å². The number of amides is 1. The van der Waals surface area contributed by atoms with Crippen LogP contribution in [0.2, 0.25) is 0 Å². The molecule has 1 N–H and O–H groups in total. The van der Waals surface area contributed by atoms with Gasteiger partial charge in [-0.1, -0.05) is 36.9 Å². The summed E-state index contributed by atoms with van der Waals surface area (Å²) >= 11 is 0. The standard InChI is InChI=1S/C18H21F3N2O/c1-4-5-6-7-14(2)23(17(24)12-22-3)13-15-8-10-16(11-9-15)18(19,20)21/h4-11,22H,1,12-13H2,2-3H3/b6-5-,14-7+. The molecule has 0 aliphatic rings. The number of hydrogen-bond donors (Lipinski definition) is 1. The van der Waals surface area contributed by atoms with Crippen LogP contribution in [0.1, 0.15) is 18.1 Å². The lowest BCUT2D eigenvalue weighted by molar-refractivity contribution is -0.137. The van der Waals surface area contributed by atoms with Crippen LogP contribution >= 0.6 is 0 Å². The van der Waals surface area contributed by atoms with E-state index in [1.54, 1.807) is 38.3 Å². The minimum absolute atomic E-state index is 0.136. The maximum absolute atomic E-state index is 12.6. The zero-order valence-corrected chi connectivity index (χ0v) is 13.7. The van der Waals surface area contributed by atoms with Crippen LogP contribution in [0.25, 0.3) is 0 Å². The molecule has 0 saturated carbocycles. The molecular weight excluding hydrogens is 317 g/mol. The Morgan fingerprint density at radius 3 is 2.38 bits per heavy atom. The van der Waals surface area contributed by atoms with Crippen molar-refractivity contribution in [3.05, 3.63) is 72.0 Å². The van der Waals surface area contributed by atoms with Gasteiger partial charge in [0.2, 0.25) is 5.91 Å². The molecule has 0 unspecified atom stereocenters. The first kappa shape index (κ1) is 19.7. The lowest BCUT2D eigenvalue weighted by Crippen LogP contribution is -2.35. The second kappa shape index (κ2) is 9.08. The predicted molar refractivity (Wildman–Crippen MR) is 89.0 cm³/mol. The Morgan fingerprint density at radius 2 is 1.88 bits per heavy atom. The van der Waals surface area contributed by atoms with Crippen molar-refractivity contribution in [2.75, 3.05) is 13.6 Å². The van der Waals surface area contributed by atoms with E-state index in [4.69, 9.17) is 0 Å². The largest absolute Gasteiger partial charge is 0.416 e. The predicted octanol–water partition coefficient (Wildman–Crippen LogP) is 3.90. The third-order valence-electron chi connectivity index (χ3n) is 3.26. The molecule has 0 fully saturated rings.